The molecule has 0 aliphatic carbocycles. The summed E-state index contributed by atoms with van der Waals surface area (Å²) < 4.78 is 27.1. The fourth-order valence-electron chi connectivity index (χ4n) is 3.14. The van der Waals surface area contributed by atoms with Crippen molar-refractivity contribution in [2.45, 2.75) is 6.42 Å². The Morgan fingerprint density at radius 2 is 1.88 bits per heavy atom. The summed E-state index contributed by atoms with van der Waals surface area (Å²) in [5.41, 5.74) is 0.826. The average Bonchev–Trinajstić information content (AvgIpc) is 2.86. The van der Waals surface area contributed by atoms with Crippen LogP contribution >= 0.6 is 0 Å². The fraction of sp³-hybridized carbons (Fsp3) is 0.263. The summed E-state index contributed by atoms with van der Waals surface area (Å²) in [6, 6.07) is 10.7. The van der Waals surface area contributed by atoms with Crippen LogP contribution in [0.3, 0.4) is 0 Å². The Kier molecular flexibility index (Phi) is 5.03. The molecule has 0 unspecified atom stereocenters. The molecule has 5 nitrogen and oxygen atoms in total. The number of hydrogen-bond acceptors (Lipinski definition) is 4. The van der Waals surface area contributed by atoms with Gasteiger partial charge in [0.15, 0.2) is 0 Å². The average molecular weight is 357 g/mol. The first kappa shape index (κ1) is 17.7. The number of benzene rings is 2. The Bertz CT molecular complexity index is 856. The number of hydrogen-bond donors (Lipinski definition) is 1. The minimum Gasteiger partial charge on any atom is -0.507 e. The molecular weight excluding hydrogens is 340 g/mol. The Labute approximate surface area is 149 Å². The molecule has 0 spiro atoms. The molecular formula is C19H17F2N3O2. The van der Waals surface area contributed by atoms with Gasteiger partial charge in [0.25, 0.3) is 5.91 Å². The van der Waals surface area contributed by atoms with E-state index in [2.05, 4.69) is 6.07 Å². The standard InChI is InChI=1S/C19H17F2N3O2/c20-14-10-15(21)18(17(25)11-14)19(26)24-7-3-6-23(8-9-24)16-5-2-1-4-13(16)12-22/h1-2,4-5,10-11,25H,3,6-9H2. The number of carbonyl (C=O) groups excluding carboxylic acids is 1. The third kappa shape index (κ3) is 3.45. The molecule has 2 aromatic rings. The number of phenols is 1. The highest BCUT2D eigenvalue weighted by Gasteiger charge is 2.26. The van der Waals surface area contributed by atoms with Crippen LogP contribution in [0, 0.1) is 23.0 Å². The zero-order valence-corrected chi connectivity index (χ0v) is 14.0. The minimum atomic E-state index is -1.08. The van der Waals surface area contributed by atoms with E-state index in [0.717, 1.165) is 11.8 Å². The number of halogens is 2. The van der Waals surface area contributed by atoms with Gasteiger partial charge in [-0.3, -0.25) is 4.79 Å². The summed E-state index contributed by atoms with van der Waals surface area (Å²) in [6.07, 6.45) is 0.620. The summed E-state index contributed by atoms with van der Waals surface area (Å²) in [5.74, 6) is -3.39. The smallest absolute Gasteiger partial charge is 0.260 e. The predicted octanol–water partition coefficient (Wildman–Crippen LogP) is 2.89. The second-order valence-corrected chi connectivity index (χ2v) is 6.04. The molecule has 1 N–H and O–H groups in total. The lowest BCUT2D eigenvalue weighted by Gasteiger charge is -2.24. The molecule has 0 radical (unpaired) electrons. The molecule has 26 heavy (non-hydrogen) atoms. The van der Waals surface area contributed by atoms with E-state index in [9.17, 15) is 23.9 Å². The first-order valence-electron chi connectivity index (χ1n) is 8.22. The summed E-state index contributed by atoms with van der Waals surface area (Å²) >= 11 is 0. The molecule has 0 aromatic heterocycles. The van der Waals surface area contributed by atoms with Gasteiger partial charge in [-0.1, -0.05) is 12.1 Å². The van der Waals surface area contributed by atoms with Gasteiger partial charge in [0, 0.05) is 38.3 Å². The zero-order valence-electron chi connectivity index (χ0n) is 14.0. The number of rotatable bonds is 2. The van der Waals surface area contributed by atoms with E-state index in [1.165, 1.54) is 4.90 Å². The van der Waals surface area contributed by atoms with E-state index in [0.29, 0.717) is 44.2 Å². The number of phenolic OH excluding ortho intramolecular Hbond substituents is 1. The normalized spacial score (nSPS) is 14.7. The van der Waals surface area contributed by atoms with Gasteiger partial charge in [-0.25, -0.2) is 8.78 Å². The number of aromatic hydroxyl groups is 1. The van der Waals surface area contributed by atoms with E-state index >= 15 is 0 Å². The third-order valence-electron chi connectivity index (χ3n) is 4.40. The lowest BCUT2D eigenvalue weighted by atomic mass is 10.1. The van der Waals surface area contributed by atoms with Crippen LogP contribution in [-0.4, -0.2) is 42.1 Å². The van der Waals surface area contributed by atoms with Crippen LogP contribution in [-0.2, 0) is 0 Å². The molecule has 1 heterocycles. The molecule has 1 amide bonds. The van der Waals surface area contributed by atoms with Crippen LogP contribution in [0.15, 0.2) is 36.4 Å². The molecule has 0 atom stereocenters. The van der Waals surface area contributed by atoms with Gasteiger partial charge in [-0.15, -0.1) is 0 Å². The summed E-state index contributed by atoms with van der Waals surface area (Å²) in [6.45, 7) is 1.78. The topological polar surface area (TPSA) is 67.6 Å². The van der Waals surface area contributed by atoms with E-state index in [-0.39, 0.29) is 0 Å². The highest BCUT2D eigenvalue weighted by atomic mass is 19.1. The molecule has 3 rings (SSSR count). The molecule has 0 bridgehead atoms. The van der Waals surface area contributed by atoms with Gasteiger partial charge < -0.3 is 14.9 Å². The summed E-state index contributed by atoms with van der Waals surface area (Å²) in [4.78, 5) is 16.0. The van der Waals surface area contributed by atoms with Crippen molar-refractivity contribution in [1.82, 2.24) is 4.90 Å². The molecule has 1 aliphatic heterocycles. The Balaban J connectivity index is 1.79. The lowest BCUT2D eigenvalue weighted by Crippen LogP contribution is -2.35. The monoisotopic (exact) mass is 357 g/mol. The van der Waals surface area contributed by atoms with Crippen molar-refractivity contribution in [2.75, 3.05) is 31.1 Å². The van der Waals surface area contributed by atoms with Crippen molar-refractivity contribution in [2.24, 2.45) is 0 Å². The predicted molar refractivity (Wildman–Crippen MR) is 91.9 cm³/mol. The van der Waals surface area contributed by atoms with Crippen LogP contribution in [0.25, 0.3) is 0 Å². The highest BCUT2D eigenvalue weighted by Crippen LogP contribution is 2.25. The molecule has 2 aromatic carbocycles. The van der Waals surface area contributed by atoms with Crippen molar-refractivity contribution >= 4 is 11.6 Å². The van der Waals surface area contributed by atoms with Gasteiger partial charge in [0.1, 0.15) is 29.0 Å². The van der Waals surface area contributed by atoms with Crippen molar-refractivity contribution in [3.05, 3.63) is 59.2 Å². The molecule has 1 saturated heterocycles. The van der Waals surface area contributed by atoms with Gasteiger partial charge in [-0.05, 0) is 18.6 Å². The third-order valence-corrected chi connectivity index (χ3v) is 4.40. The number of nitriles is 1. The maximum absolute atomic E-state index is 14.0. The Morgan fingerprint density at radius 3 is 2.62 bits per heavy atom. The quantitative estimate of drug-likeness (QED) is 0.897. The van der Waals surface area contributed by atoms with Crippen LogP contribution in [0.5, 0.6) is 5.75 Å². The number of anilines is 1. The molecule has 7 heteroatoms. The second kappa shape index (κ2) is 7.40. The van der Waals surface area contributed by atoms with Gasteiger partial charge in [0.2, 0.25) is 0 Å². The van der Waals surface area contributed by atoms with Crippen molar-refractivity contribution in [3.63, 3.8) is 0 Å². The number of nitrogens with zero attached hydrogens (tertiary/aromatic N) is 3. The van der Waals surface area contributed by atoms with Crippen molar-refractivity contribution in [3.8, 4) is 11.8 Å². The van der Waals surface area contributed by atoms with Crippen LogP contribution in [0.4, 0.5) is 14.5 Å². The summed E-state index contributed by atoms with van der Waals surface area (Å²) in [5, 5.41) is 19.0. The van der Waals surface area contributed by atoms with Crippen LogP contribution < -0.4 is 4.90 Å². The molecule has 1 fully saturated rings. The second-order valence-electron chi connectivity index (χ2n) is 6.04. The fourth-order valence-corrected chi connectivity index (χ4v) is 3.14. The van der Waals surface area contributed by atoms with Gasteiger partial charge in [0.05, 0.1) is 11.3 Å². The molecule has 1 aliphatic rings. The summed E-state index contributed by atoms with van der Waals surface area (Å²) in [7, 11) is 0. The van der Waals surface area contributed by atoms with Gasteiger partial charge in [-0.2, -0.15) is 5.26 Å². The van der Waals surface area contributed by atoms with Crippen LogP contribution in [0.2, 0.25) is 0 Å². The zero-order chi connectivity index (χ0) is 18.7. The van der Waals surface area contributed by atoms with E-state index in [1.54, 1.807) is 12.1 Å². The van der Waals surface area contributed by atoms with E-state index < -0.39 is 28.9 Å². The SMILES string of the molecule is N#Cc1ccccc1N1CCCN(C(=O)c2c(O)cc(F)cc2F)CC1. The highest BCUT2D eigenvalue weighted by molar-refractivity contribution is 5.97. The number of amides is 1. The first-order chi connectivity index (χ1) is 12.5. The van der Waals surface area contributed by atoms with Crippen molar-refractivity contribution < 1.29 is 18.7 Å². The van der Waals surface area contributed by atoms with Crippen molar-refractivity contribution in [1.29, 1.82) is 5.26 Å². The Morgan fingerprint density at radius 1 is 1.12 bits per heavy atom. The maximum atomic E-state index is 14.0. The lowest BCUT2D eigenvalue weighted by molar-refractivity contribution is 0.0759. The molecule has 0 saturated carbocycles. The van der Waals surface area contributed by atoms with Gasteiger partial charge >= 0.3 is 0 Å². The number of para-hydroxylation sites is 1. The van der Waals surface area contributed by atoms with E-state index in [4.69, 9.17) is 0 Å². The van der Waals surface area contributed by atoms with Crippen LogP contribution in [0.1, 0.15) is 22.3 Å². The number of carbonyl (C=O) groups is 1. The maximum Gasteiger partial charge on any atom is 0.260 e. The first-order valence-corrected chi connectivity index (χ1v) is 8.22. The molecule has 134 valence electrons. The van der Waals surface area contributed by atoms with E-state index in [1.807, 2.05) is 17.0 Å². The Hall–Kier alpha value is -3.14. The largest absolute Gasteiger partial charge is 0.507 e. The minimum absolute atomic E-state index is 0.300.